The zero-order chi connectivity index (χ0) is 11.4. The summed E-state index contributed by atoms with van der Waals surface area (Å²) in [6, 6.07) is 0.610. The molecule has 0 spiro atoms. The van der Waals surface area contributed by atoms with E-state index in [-0.39, 0.29) is 0 Å². The number of rotatable bonds is 5. The van der Waals surface area contributed by atoms with E-state index in [1.807, 2.05) is 0 Å². The molecule has 2 nitrogen and oxygen atoms in total. The molecule has 0 aromatic rings. The van der Waals surface area contributed by atoms with Crippen LogP contribution in [0.1, 0.15) is 40.5 Å². The van der Waals surface area contributed by atoms with Gasteiger partial charge in [0.05, 0.1) is 0 Å². The van der Waals surface area contributed by atoms with Crippen molar-refractivity contribution in [2.24, 2.45) is 23.5 Å². The van der Waals surface area contributed by atoms with Crippen molar-refractivity contribution in [2.75, 3.05) is 19.6 Å². The lowest BCUT2D eigenvalue weighted by atomic mass is 9.95. The second-order valence-corrected chi connectivity index (χ2v) is 5.48. The van der Waals surface area contributed by atoms with Crippen LogP contribution < -0.4 is 5.73 Å². The van der Waals surface area contributed by atoms with Crippen molar-refractivity contribution >= 4 is 0 Å². The Bertz CT molecular complexity index is 179. The van der Waals surface area contributed by atoms with Crippen molar-refractivity contribution in [1.29, 1.82) is 0 Å². The average Bonchev–Trinajstić information content (AvgIpc) is 2.68. The predicted molar refractivity (Wildman–Crippen MR) is 66.8 cm³/mol. The molecule has 1 rings (SSSR count). The largest absolute Gasteiger partial charge is 0.329 e. The normalized spacial score (nSPS) is 27.2. The minimum atomic E-state index is 0.610. The van der Waals surface area contributed by atoms with Crippen molar-refractivity contribution in [1.82, 2.24) is 4.90 Å². The lowest BCUT2D eigenvalue weighted by Crippen LogP contribution is -2.43. The Kier molecular flexibility index (Phi) is 5.07. The Morgan fingerprint density at radius 3 is 2.40 bits per heavy atom. The number of nitrogens with zero attached hydrogens (tertiary/aromatic N) is 1. The molecule has 0 radical (unpaired) electrons. The monoisotopic (exact) mass is 212 g/mol. The van der Waals surface area contributed by atoms with E-state index in [1.165, 1.54) is 25.9 Å². The molecular formula is C13H28N2. The third kappa shape index (κ3) is 3.18. The van der Waals surface area contributed by atoms with Gasteiger partial charge in [-0.25, -0.2) is 0 Å². The van der Waals surface area contributed by atoms with Gasteiger partial charge >= 0.3 is 0 Å². The lowest BCUT2D eigenvalue weighted by molar-refractivity contribution is 0.174. The van der Waals surface area contributed by atoms with E-state index in [2.05, 4.69) is 32.6 Å². The highest BCUT2D eigenvalue weighted by molar-refractivity contribution is 4.85. The summed E-state index contributed by atoms with van der Waals surface area (Å²) in [6.45, 7) is 12.6. The van der Waals surface area contributed by atoms with E-state index < -0.39 is 0 Å². The fourth-order valence-corrected chi connectivity index (χ4v) is 2.67. The molecule has 3 unspecified atom stereocenters. The van der Waals surface area contributed by atoms with E-state index in [0.717, 1.165) is 24.3 Å². The maximum absolute atomic E-state index is 5.91. The van der Waals surface area contributed by atoms with Crippen molar-refractivity contribution in [3.8, 4) is 0 Å². The van der Waals surface area contributed by atoms with Crippen LogP contribution in [0.15, 0.2) is 0 Å². The quantitative estimate of drug-likeness (QED) is 0.758. The summed E-state index contributed by atoms with van der Waals surface area (Å²) in [6.07, 6.45) is 2.61. The van der Waals surface area contributed by atoms with Gasteiger partial charge in [-0.15, -0.1) is 0 Å². The van der Waals surface area contributed by atoms with Crippen LogP contribution >= 0.6 is 0 Å². The fraction of sp³-hybridized carbons (Fsp3) is 1.00. The molecule has 1 heterocycles. The summed E-state index contributed by atoms with van der Waals surface area (Å²) in [5.41, 5.74) is 5.91. The van der Waals surface area contributed by atoms with Crippen molar-refractivity contribution in [3.05, 3.63) is 0 Å². The zero-order valence-electron chi connectivity index (χ0n) is 10.9. The minimum Gasteiger partial charge on any atom is -0.329 e. The standard InChI is InChI=1S/C13H28N2/c1-5-11(4)13(8-14)15-7-6-12(9-15)10(2)3/h10-13H,5-9,14H2,1-4H3. The minimum absolute atomic E-state index is 0.610. The van der Waals surface area contributed by atoms with Crippen LogP contribution in [0.2, 0.25) is 0 Å². The van der Waals surface area contributed by atoms with Crippen LogP contribution in [-0.4, -0.2) is 30.6 Å². The summed E-state index contributed by atoms with van der Waals surface area (Å²) in [5, 5.41) is 0. The van der Waals surface area contributed by atoms with Crippen LogP contribution in [-0.2, 0) is 0 Å². The molecule has 0 saturated carbocycles. The first-order chi connectivity index (χ1) is 7.10. The number of likely N-dealkylation sites (tertiary alicyclic amines) is 1. The molecule has 1 aliphatic heterocycles. The topological polar surface area (TPSA) is 29.3 Å². The molecule has 2 heteroatoms. The van der Waals surface area contributed by atoms with Crippen molar-refractivity contribution < 1.29 is 0 Å². The van der Waals surface area contributed by atoms with Crippen LogP contribution in [0, 0.1) is 17.8 Å². The molecule has 1 saturated heterocycles. The van der Waals surface area contributed by atoms with E-state index in [1.54, 1.807) is 0 Å². The van der Waals surface area contributed by atoms with Crippen LogP contribution in [0.3, 0.4) is 0 Å². The van der Waals surface area contributed by atoms with Crippen LogP contribution in [0.5, 0.6) is 0 Å². The molecule has 3 atom stereocenters. The highest BCUT2D eigenvalue weighted by Gasteiger charge is 2.30. The second kappa shape index (κ2) is 5.86. The molecule has 0 amide bonds. The first-order valence-corrected chi connectivity index (χ1v) is 6.54. The van der Waals surface area contributed by atoms with Gasteiger partial charge < -0.3 is 5.73 Å². The lowest BCUT2D eigenvalue weighted by Gasteiger charge is -2.31. The van der Waals surface area contributed by atoms with Gasteiger partial charge in [0.2, 0.25) is 0 Å². The Hall–Kier alpha value is -0.0800. The SMILES string of the molecule is CCC(C)C(CN)N1CCC(C(C)C)C1. The van der Waals surface area contributed by atoms with E-state index in [0.29, 0.717) is 6.04 Å². The molecule has 15 heavy (non-hydrogen) atoms. The fourth-order valence-electron chi connectivity index (χ4n) is 2.67. The van der Waals surface area contributed by atoms with Gasteiger partial charge in [-0.05, 0) is 30.7 Å². The maximum Gasteiger partial charge on any atom is 0.0244 e. The molecule has 0 bridgehead atoms. The zero-order valence-corrected chi connectivity index (χ0v) is 10.9. The second-order valence-electron chi connectivity index (χ2n) is 5.48. The first kappa shape index (κ1) is 13.0. The molecule has 1 aliphatic rings. The smallest absolute Gasteiger partial charge is 0.0244 e. The molecule has 0 aromatic heterocycles. The molecule has 90 valence electrons. The molecule has 2 N–H and O–H groups in total. The van der Waals surface area contributed by atoms with E-state index in [9.17, 15) is 0 Å². The van der Waals surface area contributed by atoms with Gasteiger partial charge in [-0.2, -0.15) is 0 Å². The van der Waals surface area contributed by atoms with Crippen LogP contribution in [0.25, 0.3) is 0 Å². The van der Waals surface area contributed by atoms with Crippen molar-refractivity contribution in [2.45, 2.75) is 46.6 Å². The van der Waals surface area contributed by atoms with E-state index in [4.69, 9.17) is 5.73 Å². The first-order valence-electron chi connectivity index (χ1n) is 6.54. The molecule has 1 fully saturated rings. The summed E-state index contributed by atoms with van der Waals surface area (Å²) in [5.74, 6) is 2.45. The summed E-state index contributed by atoms with van der Waals surface area (Å²) < 4.78 is 0. The molecule has 0 aliphatic carbocycles. The Morgan fingerprint density at radius 1 is 1.33 bits per heavy atom. The van der Waals surface area contributed by atoms with E-state index >= 15 is 0 Å². The number of nitrogens with two attached hydrogens (primary N) is 1. The number of hydrogen-bond donors (Lipinski definition) is 1. The third-order valence-electron chi connectivity index (χ3n) is 4.21. The Morgan fingerprint density at radius 2 is 2.00 bits per heavy atom. The van der Waals surface area contributed by atoms with Gasteiger partial charge in [-0.1, -0.05) is 34.1 Å². The molecule has 0 aromatic carbocycles. The summed E-state index contributed by atoms with van der Waals surface area (Å²) in [7, 11) is 0. The van der Waals surface area contributed by atoms with Gasteiger partial charge in [0.1, 0.15) is 0 Å². The average molecular weight is 212 g/mol. The molecular weight excluding hydrogens is 184 g/mol. The maximum atomic E-state index is 5.91. The number of hydrogen-bond acceptors (Lipinski definition) is 2. The predicted octanol–water partition coefficient (Wildman–Crippen LogP) is 2.34. The van der Waals surface area contributed by atoms with Crippen molar-refractivity contribution in [3.63, 3.8) is 0 Å². The summed E-state index contributed by atoms with van der Waals surface area (Å²) in [4.78, 5) is 2.62. The Balaban J connectivity index is 2.50. The Labute approximate surface area is 95.2 Å². The summed E-state index contributed by atoms with van der Waals surface area (Å²) >= 11 is 0. The highest BCUT2D eigenvalue weighted by Crippen LogP contribution is 2.27. The van der Waals surface area contributed by atoms with Gasteiger partial charge in [0.15, 0.2) is 0 Å². The van der Waals surface area contributed by atoms with Gasteiger partial charge in [0, 0.05) is 19.1 Å². The van der Waals surface area contributed by atoms with Gasteiger partial charge in [0.25, 0.3) is 0 Å². The third-order valence-corrected chi connectivity index (χ3v) is 4.21. The van der Waals surface area contributed by atoms with Crippen LogP contribution in [0.4, 0.5) is 0 Å². The highest BCUT2D eigenvalue weighted by atomic mass is 15.2. The van der Waals surface area contributed by atoms with Gasteiger partial charge in [-0.3, -0.25) is 4.90 Å².